The minimum Gasteiger partial charge on any atom is -0.507 e. The fraction of sp³-hybridized carbons (Fsp3) is 0.556. The molecular weight excluding hydrogens is 320 g/mol. The predicted molar refractivity (Wildman–Crippen MR) is 95.9 cm³/mol. The summed E-state index contributed by atoms with van der Waals surface area (Å²) in [5.41, 5.74) is 0.274. The standard InChI is InChI=1S/C18H26N4O3/c1-2-19-18(22-14-11-12-7-8-16(14)25-12)21-10-9-20-17(24)13-5-3-4-6-15(13)23/h3-6,12,14,16,23H,2,7-11H2,1H3,(H,20,24)(H2,19,21,22). The fourth-order valence-corrected chi connectivity index (χ4v) is 3.38. The number of aromatic hydroxyl groups is 1. The summed E-state index contributed by atoms with van der Waals surface area (Å²) < 4.78 is 5.86. The van der Waals surface area contributed by atoms with Gasteiger partial charge in [0.1, 0.15) is 5.75 Å². The number of guanidine groups is 1. The van der Waals surface area contributed by atoms with Crippen LogP contribution in [-0.4, -0.2) is 54.9 Å². The molecule has 1 aromatic rings. The van der Waals surface area contributed by atoms with Gasteiger partial charge in [-0.1, -0.05) is 12.1 Å². The van der Waals surface area contributed by atoms with E-state index in [2.05, 4.69) is 20.9 Å². The van der Waals surface area contributed by atoms with E-state index in [9.17, 15) is 9.90 Å². The van der Waals surface area contributed by atoms with Gasteiger partial charge in [0.2, 0.25) is 0 Å². The summed E-state index contributed by atoms with van der Waals surface area (Å²) in [5, 5.41) is 19.1. The number of aliphatic imine (C=N–C) groups is 1. The van der Waals surface area contributed by atoms with Crippen LogP contribution >= 0.6 is 0 Å². The van der Waals surface area contributed by atoms with Gasteiger partial charge in [0, 0.05) is 13.1 Å². The zero-order valence-electron chi connectivity index (χ0n) is 14.5. The van der Waals surface area contributed by atoms with Gasteiger partial charge in [-0.15, -0.1) is 0 Å². The van der Waals surface area contributed by atoms with E-state index >= 15 is 0 Å². The molecule has 1 amide bonds. The first kappa shape index (κ1) is 17.5. The molecule has 0 saturated carbocycles. The van der Waals surface area contributed by atoms with Crippen molar-refractivity contribution in [1.29, 1.82) is 0 Å². The molecule has 2 saturated heterocycles. The van der Waals surface area contributed by atoms with E-state index in [0.717, 1.165) is 31.8 Å². The number of hydrogen-bond acceptors (Lipinski definition) is 4. The van der Waals surface area contributed by atoms with Crippen LogP contribution in [0.2, 0.25) is 0 Å². The van der Waals surface area contributed by atoms with E-state index in [1.807, 2.05) is 6.92 Å². The van der Waals surface area contributed by atoms with Crippen LogP contribution in [0.4, 0.5) is 0 Å². The molecule has 2 fully saturated rings. The average molecular weight is 346 g/mol. The third-order valence-corrected chi connectivity index (χ3v) is 4.59. The van der Waals surface area contributed by atoms with Gasteiger partial charge in [0.05, 0.1) is 30.4 Å². The Bertz CT molecular complexity index is 635. The molecule has 25 heavy (non-hydrogen) atoms. The van der Waals surface area contributed by atoms with Crippen LogP contribution in [0.5, 0.6) is 5.75 Å². The SMILES string of the molecule is CCNC(=NCCNC(=O)c1ccccc1O)NC1CC2CCC1O2. The first-order valence-corrected chi connectivity index (χ1v) is 8.94. The molecule has 0 spiro atoms. The van der Waals surface area contributed by atoms with Crippen LogP contribution in [-0.2, 0) is 4.74 Å². The van der Waals surface area contributed by atoms with Gasteiger partial charge in [-0.2, -0.15) is 0 Å². The van der Waals surface area contributed by atoms with Gasteiger partial charge in [-0.05, 0) is 38.3 Å². The number of benzene rings is 1. The first-order valence-electron chi connectivity index (χ1n) is 8.94. The molecule has 0 radical (unpaired) electrons. The number of hydrogen-bond donors (Lipinski definition) is 4. The topological polar surface area (TPSA) is 95.0 Å². The highest BCUT2D eigenvalue weighted by molar-refractivity contribution is 5.96. The lowest BCUT2D eigenvalue weighted by Gasteiger charge is -2.22. The molecule has 0 aliphatic carbocycles. The number of rotatable bonds is 6. The summed E-state index contributed by atoms with van der Waals surface area (Å²) in [6, 6.07) is 6.81. The third kappa shape index (κ3) is 4.42. The monoisotopic (exact) mass is 346 g/mol. The summed E-state index contributed by atoms with van der Waals surface area (Å²) >= 11 is 0. The number of phenols is 1. The van der Waals surface area contributed by atoms with Gasteiger partial charge in [0.15, 0.2) is 5.96 Å². The highest BCUT2D eigenvalue weighted by Crippen LogP contribution is 2.34. The van der Waals surface area contributed by atoms with Crippen molar-refractivity contribution in [3.05, 3.63) is 29.8 Å². The summed E-state index contributed by atoms with van der Waals surface area (Å²) in [7, 11) is 0. The fourth-order valence-electron chi connectivity index (χ4n) is 3.38. The Labute approximate surface area is 147 Å². The van der Waals surface area contributed by atoms with Gasteiger partial charge in [0.25, 0.3) is 5.91 Å². The van der Waals surface area contributed by atoms with E-state index in [4.69, 9.17) is 4.74 Å². The molecule has 7 heteroatoms. The average Bonchev–Trinajstić information content (AvgIpc) is 3.22. The minimum atomic E-state index is -0.298. The number of carbonyl (C=O) groups is 1. The molecular formula is C18H26N4O3. The quantitative estimate of drug-likeness (QED) is 0.350. The van der Waals surface area contributed by atoms with E-state index in [1.54, 1.807) is 18.2 Å². The molecule has 2 heterocycles. The molecule has 136 valence electrons. The smallest absolute Gasteiger partial charge is 0.255 e. The second-order valence-electron chi connectivity index (χ2n) is 6.39. The maximum absolute atomic E-state index is 12.0. The van der Waals surface area contributed by atoms with Crippen LogP contribution in [0.25, 0.3) is 0 Å². The Morgan fingerprint density at radius 3 is 2.84 bits per heavy atom. The second-order valence-corrected chi connectivity index (χ2v) is 6.39. The van der Waals surface area contributed by atoms with Crippen molar-refractivity contribution in [3.8, 4) is 5.75 Å². The molecule has 3 rings (SSSR count). The van der Waals surface area contributed by atoms with Crippen molar-refractivity contribution >= 4 is 11.9 Å². The first-order chi connectivity index (χ1) is 12.2. The van der Waals surface area contributed by atoms with Gasteiger partial charge >= 0.3 is 0 Å². The number of ether oxygens (including phenoxy) is 1. The van der Waals surface area contributed by atoms with Crippen molar-refractivity contribution in [2.24, 2.45) is 4.99 Å². The van der Waals surface area contributed by atoms with Crippen molar-refractivity contribution in [3.63, 3.8) is 0 Å². The van der Waals surface area contributed by atoms with Crippen LogP contribution in [0.15, 0.2) is 29.3 Å². The molecule has 2 aliphatic rings. The second kappa shape index (κ2) is 8.20. The highest BCUT2D eigenvalue weighted by atomic mass is 16.5. The van der Waals surface area contributed by atoms with Gasteiger partial charge in [-0.3, -0.25) is 9.79 Å². The van der Waals surface area contributed by atoms with Crippen LogP contribution in [0, 0.1) is 0 Å². The lowest BCUT2D eigenvalue weighted by molar-refractivity contribution is 0.0952. The Morgan fingerprint density at radius 2 is 2.16 bits per heavy atom. The zero-order valence-corrected chi connectivity index (χ0v) is 14.5. The Hall–Kier alpha value is -2.28. The lowest BCUT2D eigenvalue weighted by Crippen LogP contribution is -2.47. The van der Waals surface area contributed by atoms with E-state index in [-0.39, 0.29) is 23.3 Å². The van der Waals surface area contributed by atoms with E-state index < -0.39 is 0 Å². The normalized spacial score (nSPS) is 25.0. The summed E-state index contributed by atoms with van der Waals surface area (Å²) in [5.74, 6) is 0.433. The zero-order chi connectivity index (χ0) is 17.6. The molecule has 1 aromatic carbocycles. The van der Waals surface area contributed by atoms with Crippen molar-refractivity contribution < 1.29 is 14.6 Å². The van der Waals surface area contributed by atoms with Crippen molar-refractivity contribution in [1.82, 2.24) is 16.0 Å². The van der Waals surface area contributed by atoms with Gasteiger partial charge in [-0.25, -0.2) is 0 Å². The predicted octanol–water partition coefficient (Wildman–Crippen LogP) is 0.997. The maximum Gasteiger partial charge on any atom is 0.255 e. The van der Waals surface area contributed by atoms with Crippen LogP contribution < -0.4 is 16.0 Å². The highest BCUT2D eigenvalue weighted by Gasteiger charge is 2.41. The summed E-state index contributed by atoms with van der Waals surface area (Å²) in [6.07, 6.45) is 3.98. The number of phenolic OH excluding ortho intramolecular Hbond substituents is 1. The number of para-hydroxylation sites is 1. The van der Waals surface area contributed by atoms with Crippen molar-refractivity contribution in [2.45, 2.75) is 44.4 Å². The number of fused-ring (bicyclic) bond motifs is 2. The molecule has 0 aromatic heterocycles. The Balaban J connectivity index is 1.47. The summed E-state index contributed by atoms with van der Waals surface area (Å²) in [6.45, 7) is 3.65. The molecule has 3 unspecified atom stereocenters. The third-order valence-electron chi connectivity index (χ3n) is 4.59. The number of carbonyl (C=O) groups excluding carboxylic acids is 1. The van der Waals surface area contributed by atoms with Crippen LogP contribution in [0.1, 0.15) is 36.5 Å². The van der Waals surface area contributed by atoms with Gasteiger partial charge < -0.3 is 25.8 Å². The minimum absolute atomic E-state index is 0.0187. The number of amides is 1. The summed E-state index contributed by atoms with van der Waals surface area (Å²) in [4.78, 5) is 16.5. The van der Waals surface area contributed by atoms with E-state index in [1.165, 1.54) is 6.07 Å². The Morgan fingerprint density at radius 1 is 1.32 bits per heavy atom. The molecule has 2 aliphatic heterocycles. The molecule has 3 atom stereocenters. The van der Waals surface area contributed by atoms with Crippen molar-refractivity contribution in [2.75, 3.05) is 19.6 Å². The van der Waals surface area contributed by atoms with Crippen LogP contribution in [0.3, 0.4) is 0 Å². The molecule has 2 bridgehead atoms. The molecule has 7 nitrogen and oxygen atoms in total. The largest absolute Gasteiger partial charge is 0.507 e. The lowest BCUT2D eigenvalue weighted by atomic mass is 9.96. The maximum atomic E-state index is 12.0. The number of nitrogens with zero attached hydrogens (tertiary/aromatic N) is 1. The Kier molecular flexibility index (Phi) is 5.75. The van der Waals surface area contributed by atoms with E-state index in [0.29, 0.717) is 25.2 Å². The number of nitrogens with one attached hydrogen (secondary N) is 3. The molecule has 4 N–H and O–H groups in total.